The molecule has 1 rings (SSSR count). The van der Waals surface area contributed by atoms with Gasteiger partial charge in [0, 0.05) is 11.7 Å². The number of hydrogen-bond donors (Lipinski definition) is 2. The highest BCUT2D eigenvalue weighted by atomic mass is 16.5. The Morgan fingerprint density at radius 2 is 2.00 bits per heavy atom. The van der Waals surface area contributed by atoms with Gasteiger partial charge in [-0.15, -0.1) is 0 Å². The fourth-order valence-electron chi connectivity index (χ4n) is 1.62. The lowest BCUT2D eigenvalue weighted by molar-refractivity contribution is -0.129. The van der Waals surface area contributed by atoms with Crippen molar-refractivity contribution in [1.29, 1.82) is 0 Å². The third-order valence-electron chi connectivity index (χ3n) is 3.10. The van der Waals surface area contributed by atoms with Gasteiger partial charge in [0.05, 0.1) is 7.11 Å². The van der Waals surface area contributed by atoms with Crippen molar-refractivity contribution in [2.45, 2.75) is 39.3 Å². The molecule has 0 saturated heterocycles. The van der Waals surface area contributed by atoms with Crippen molar-refractivity contribution in [1.82, 2.24) is 5.32 Å². The first-order valence-corrected chi connectivity index (χ1v) is 6.83. The summed E-state index contributed by atoms with van der Waals surface area (Å²) in [6, 6.07) is 4.69. The maximum atomic E-state index is 12.1. The van der Waals surface area contributed by atoms with E-state index in [-0.39, 0.29) is 17.5 Å². The van der Waals surface area contributed by atoms with E-state index in [2.05, 4.69) is 5.32 Å². The number of nitrogens with two attached hydrogens (primary N) is 1. The number of methoxy groups -OCH3 is 1. The predicted molar refractivity (Wildman–Crippen MR) is 80.2 cm³/mol. The van der Waals surface area contributed by atoms with Crippen LogP contribution in [0.25, 0.3) is 0 Å². The molecule has 6 nitrogen and oxygen atoms in total. The molecule has 21 heavy (non-hydrogen) atoms. The van der Waals surface area contributed by atoms with Gasteiger partial charge in [0.25, 0.3) is 5.91 Å². The lowest BCUT2D eigenvalue weighted by Crippen LogP contribution is -2.40. The monoisotopic (exact) mass is 294 g/mol. The topological polar surface area (TPSA) is 90.7 Å². The summed E-state index contributed by atoms with van der Waals surface area (Å²) < 4.78 is 10.2. The fourth-order valence-corrected chi connectivity index (χ4v) is 1.62. The van der Waals surface area contributed by atoms with Crippen LogP contribution in [0.1, 0.15) is 37.6 Å². The predicted octanol–water partition coefficient (Wildman–Crippen LogP) is 1.74. The van der Waals surface area contributed by atoms with Crippen LogP contribution in [0.2, 0.25) is 0 Å². The summed E-state index contributed by atoms with van der Waals surface area (Å²) in [6.45, 7) is 5.36. The highest BCUT2D eigenvalue weighted by Crippen LogP contribution is 2.22. The molecular weight excluding hydrogens is 272 g/mol. The average molecular weight is 294 g/mol. The minimum atomic E-state index is -0.891. The zero-order chi connectivity index (χ0) is 16.0. The molecule has 1 aromatic carbocycles. The Bertz CT molecular complexity index is 516. The Kier molecular flexibility index (Phi) is 6.02. The van der Waals surface area contributed by atoms with Crippen molar-refractivity contribution in [3.8, 4) is 5.75 Å². The normalized spacial score (nSPS) is 13.1. The number of hydrogen-bond acceptors (Lipinski definition) is 5. The number of rotatable bonds is 6. The molecule has 116 valence electrons. The molecule has 0 aliphatic heterocycles. The molecule has 0 radical (unpaired) electrons. The first-order chi connectivity index (χ1) is 9.88. The quantitative estimate of drug-likeness (QED) is 0.616. The van der Waals surface area contributed by atoms with Gasteiger partial charge in [0.15, 0.2) is 6.10 Å². The number of ether oxygens (including phenoxy) is 2. The third kappa shape index (κ3) is 4.66. The number of nitrogens with one attached hydrogen (secondary N) is 1. The largest absolute Gasteiger partial charge is 0.496 e. The van der Waals surface area contributed by atoms with Crippen LogP contribution < -0.4 is 15.8 Å². The van der Waals surface area contributed by atoms with Gasteiger partial charge in [-0.25, -0.2) is 4.79 Å². The maximum Gasteiger partial charge on any atom is 0.342 e. The van der Waals surface area contributed by atoms with Crippen LogP contribution in [0.15, 0.2) is 18.2 Å². The summed E-state index contributed by atoms with van der Waals surface area (Å²) in [5.41, 5.74) is 6.26. The van der Waals surface area contributed by atoms with E-state index in [0.717, 1.165) is 6.42 Å². The third-order valence-corrected chi connectivity index (χ3v) is 3.10. The number of esters is 1. The molecule has 1 amide bonds. The maximum absolute atomic E-state index is 12.1. The van der Waals surface area contributed by atoms with Crippen LogP contribution in [0.3, 0.4) is 0 Å². The van der Waals surface area contributed by atoms with Crippen molar-refractivity contribution in [3.63, 3.8) is 0 Å². The Labute approximate surface area is 124 Å². The number of carbonyl (C=O) groups excluding carboxylic acids is 2. The Morgan fingerprint density at radius 3 is 2.57 bits per heavy atom. The summed E-state index contributed by atoms with van der Waals surface area (Å²) in [5, 5.41) is 2.75. The molecule has 0 heterocycles. The van der Waals surface area contributed by atoms with Gasteiger partial charge < -0.3 is 20.5 Å². The minimum absolute atomic E-state index is 0.0283. The summed E-state index contributed by atoms with van der Waals surface area (Å²) in [6.07, 6.45) is -0.0900. The molecule has 2 unspecified atom stereocenters. The number of nitrogen functional groups attached to an aromatic ring is 1. The van der Waals surface area contributed by atoms with E-state index in [1.165, 1.54) is 20.1 Å². The zero-order valence-electron chi connectivity index (χ0n) is 12.8. The van der Waals surface area contributed by atoms with Gasteiger partial charge in [-0.3, -0.25) is 4.79 Å². The second-order valence-electron chi connectivity index (χ2n) is 4.83. The van der Waals surface area contributed by atoms with Crippen molar-refractivity contribution >= 4 is 17.6 Å². The Balaban J connectivity index is 2.77. The van der Waals surface area contributed by atoms with Crippen molar-refractivity contribution < 1.29 is 19.1 Å². The molecule has 0 bridgehead atoms. The number of benzene rings is 1. The Hall–Kier alpha value is -2.24. The molecule has 0 aromatic heterocycles. The standard InChI is InChI=1S/C15H22N2O4/c1-5-9(2)17-14(18)10(3)21-15(19)12-8-11(16)6-7-13(12)20-4/h6-10H,5,16H2,1-4H3,(H,17,18). The molecule has 2 atom stereocenters. The SMILES string of the molecule is CCC(C)NC(=O)C(C)OC(=O)c1cc(N)ccc1OC. The van der Waals surface area contributed by atoms with Crippen molar-refractivity contribution in [2.24, 2.45) is 0 Å². The van der Waals surface area contributed by atoms with Crippen LogP contribution in [0, 0.1) is 0 Å². The molecule has 0 fully saturated rings. The molecule has 0 aliphatic carbocycles. The van der Waals surface area contributed by atoms with E-state index in [1.54, 1.807) is 12.1 Å². The lowest BCUT2D eigenvalue weighted by Gasteiger charge is -2.17. The minimum Gasteiger partial charge on any atom is -0.496 e. The van der Waals surface area contributed by atoms with E-state index in [1.807, 2.05) is 13.8 Å². The van der Waals surface area contributed by atoms with Gasteiger partial charge in [-0.05, 0) is 38.5 Å². The van der Waals surface area contributed by atoms with Crippen molar-refractivity contribution in [3.05, 3.63) is 23.8 Å². The van der Waals surface area contributed by atoms with E-state index in [4.69, 9.17) is 15.2 Å². The first kappa shape index (κ1) is 16.8. The van der Waals surface area contributed by atoms with Crippen LogP contribution in [0.4, 0.5) is 5.69 Å². The summed E-state index contributed by atoms with van der Waals surface area (Å²) in [5.74, 6) is -0.629. The van der Waals surface area contributed by atoms with Crippen LogP contribution in [-0.2, 0) is 9.53 Å². The molecule has 0 aliphatic rings. The van der Waals surface area contributed by atoms with Crippen molar-refractivity contribution in [2.75, 3.05) is 12.8 Å². The fraction of sp³-hybridized carbons (Fsp3) is 0.467. The van der Waals surface area contributed by atoms with Gasteiger partial charge >= 0.3 is 5.97 Å². The molecule has 0 spiro atoms. The van der Waals surface area contributed by atoms with Gasteiger partial charge in [0.2, 0.25) is 0 Å². The van der Waals surface area contributed by atoms with E-state index >= 15 is 0 Å². The van der Waals surface area contributed by atoms with Crippen LogP contribution >= 0.6 is 0 Å². The van der Waals surface area contributed by atoms with Crippen LogP contribution in [0.5, 0.6) is 5.75 Å². The lowest BCUT2D eigenvalue weighted by atomic mass is 10.2. The highest BCUT2D eigenvalue weighted by molar-refractivity contribution is 5.95. The second kappa shape index (κ2) is 7.52. The van der Waals surface area contributed by atoms with E-state index in [0.29, 0.717) is 11.4 Å². The molecule has 1 aromatic rings. The number of carbonyl (C=O) groups is 2. The number of amides is 1. The smallest absolute Gasteiger partial charge is 0.342 e. The summed E-state index contributed by atoms with van der Waals surface area (Å²) in [4.78, 5) is 24.0. The number of anilines is 1. The van der Waals surface area contributed by atoms with Gasteiger partial charge in [-0.2, -0.15) is 0 Å². The molecule has 0 saturated carbocycles. The van der Waals surface area contributed by atoms with E-state index in [9.17, 15) is 9.59 Å². The van der Waals surface area contributed by atoms with Gasteiger partial charge in [-0.1, -0.05) is 6.92 Å². The average Bonchev–Trinajstić information content (AvgIpc) is 2.46. The highest BCUT2D eigenvalue weighted by Gasteiger charge is 2.22. The molecular formula is C15H22N2O4. The molecule has 6 heteroatoms. The Morgan fingerprint density at radius 1 is 1.33 bits per heavy atom. The van der Waals surface area contributed by atoms with Crippen LogP contribution in [-0.4, -0.2) is 31.1 Å². The summed E-state index contributed by atoms with van der Waals surface area (Å²) in [7, 11) is 1.45. The van der Waals surface area contributed by atoms with Gasteiger partial charge in [0.1, 0.15) is 11.3 Å². The second-order valence-corrected chi connectivity index (χ2v) is 4.83. The van der Waals surface area contributed by atoms with E-state index < -0.39 is 12.1 Å². The molecule has 3 N–H and O–H groups in total. The zero-order valence-corrected chi connectivity index (χ0v) is 12.8. The first-order valence-electron chi connectivity index (χ1n) is 6.83. The summed E-state index contributed by atoms with van der Waals surface area (Å²) >= 11 is 0.